The van der Waals surface area contributed by atoms with E-state index in [0.29, 0.717) is 6.54 Å². The Kier molecular flexibility index (Phi) is 2.59. The van der Waals surface area contributed by atoms with E-state index in [4.69, 9.17) is 5.11 Å². The quantitative estimate of drug-likeness (QED) is 0.680. The van der Waals surface area contributed by atoms with Gasteiger partial charge in [-0.05, 0) is 31.4 Å². The molecule has 0 heterocycles. The van der Waals surface area contributed by atoms with E-state index in [-0.39, 0.29) is 11.5 Å². The van der Waals surface area contributed by atoms with Crippen molar-refractivity contribution in [3.05, 3.63) is 23.8 Å². The topological polar surface area (TPSA) is 52.5 Å². The third kappa shape index (κ3) is 2.39. The van der Waals surface area contributed by atoms with Gasteiger partial charge in [-0.25, -0.2) is 0 Å². The summed E-state index contributed by atoms with van der Waals surface area (Å²) >= 11 is 0. The summed E-state index contributed by atoms with van der Waals surface area (Å²) in [4.78, 5) is 0. The van der Waals surface area contributed by atoms with Crippen molar-refractivity contribution >= 4 is 0 Å². The van der Waals surface area contributed by atoms with Gasteiger partial charge in [0.15, 0.2) is 0 Å². The van der Waals surface area contributed by atoms with Crippen LogP contribution in [0.4, 0.5) is 0 Å². The predicted molar refractivity (Wildman–Crippen MR) is 54.2 cm³/mol. The first kappa shape index (κ1) is 9.34. The van der Waals surface area contributed by atoms with Crippen molar-refractivity contribution in [1.29, 1.82) is 0 Å². The first-order valence-electron chi connectivity index (χ1n) is 4.97. The van der Waals surface area contributed by atoms with Crippen LogP contribution in [0, 0.1) is 5.92 Å². The summed E-state index contributed by atoms with van der Waals surface area (Å²) < 4.78 is 0. The number of rotatable bonds is 4. The molecule has 2 rings (SSSR count). The van der Waals surface area contributed by atoms with Crippen LogP contribution in [0.5, 0.6) is 11.5 Å². The predicted octanol–water partition coefficient (Wildman–Crippen LogP) is 1.60. The number of aromatic hydroxyl groups is 2. The van der Waals surface area contributed by atoms with Crippen molar-refractivity contribution in [2.75, 3.05) is 6.54 Å². The highest BCUT2D eigenvalue weighted by molar-refractivity contribution is 5.38. The highest BCUT2D eigenvalue weighted by Gasteiger charge is 2.20. The molecule has 0 spiro atoms. The van der Waals surface area contributed by atoms with Crippen molar-refractivity contribution in [1.82, 2.24) is 5.32 Å². The minimum absolute atomic E-state index is 0.105. The number of hydrogen-bond acceptors (Lipinski definition) is 3. The van der Waals surface area contributed by atoms with Crippen LogP contribution < -0.4 is 5.32 Å². The largest absolute Gasteiger partial charge is 0.508 e. The molecule has 14 heavy (non-hydrogen) atoms. The summed E-state index contributed by atoms with van der Waals surface area (Å²) in [5.41, 5.74) is 0.837. The molecule has 0 atom stereocenters. The Bertz CT molecular complexity index is 321. The molecule has 0 aliphatic heterocycles. The van der Waals surface area contributed by atoms with Gasteiger partial charge in [0, 0.05) is 18.2 Å². The van der Waals surface area contributed by atoms with Crippen LogP contribution in [0.3, 0.4) is 0 Å². The summed E-state index contributed by atoms with van der Waals surface area (Å²) in [6.45, 7) is 1.70. The molecule has 0 unspecified atom stereocenters. The zero-order valence-electron chi connectivity index (χ0n) is 8.03. The number of benzene rings is 1. The van der Waals surface area contributed by atoms with E-state index >= 15 is 0 Å². The molecule has 3 nitrogen and oxygen atoms in total. The molecule has 1 aliphatic rings. The smallest absolute Gasteiger partial charge is 0.123 e. The maximum atomic E-state index is 9.47. The molecule has 1 aliphatic carbocycles. The van der Waals surface area contributed by atoms with Gasteiger partial charge in [0.1, 0.15) is 11.5 Å². The van der Waals surface area contributed by atoms with Gasteiger partial charge in [0.2, 0.25) is 0 Å². The second-order valence-corrected chi connectivity index (χ2v) is 3.89. The van der Waals surface area contributed by atoms with E-state index in [1.165, 1.54) is 18.9 Å². The van der Waals surface area contributed by atoms with Crippen LogP contribution in [0.2, 0.25) is 0 Å². The van der Waals surface area contributed by atoms with Gasteiger partial charge in [0.25, 0.3) is 0 Å². The minimum atomic E-state index is 0.105. The minimum Gasteiger partial charge on any atom is -0.508 e. The Hall–Kier alpha value is -1.22. The molecular formula is C11H15NO2. The summed E-state index contributed by atoms with van der Waals surface area (Å²) in [6, 6.07) is 4.70. The lowest BCUT2D eigenvalue weighted by atomic mass is 10.2. The molecule has 3 heteroatoms. The first-order chi connectivity index (χ1) is 6.75. The van der Waals surface area contributed by atoms with Crippen LogP contribution in [-0.2, 0) is 6.54 Å². The zero-order chi connectivity index (χ0) is 9.97. The molecule has 1 fully saturated rings. The molecule has 0 amide bonds. The second kappa shape index (κ2) is 3.88. The monoisotopic (exact) mass is 193 g/mol. The Labute approximate surface area is 83.4 Å². The van der Waals surface area contributed by atoms with E-state index < -0.39 is 0 Å². The first-order valence-corrected chi connectivity index (χ1v) is 4.97. The fraction of sp³-hybridized carbons (Fsp3) is 0.455. The fourth-order valence-electron chi connectivity index (χ4n) is 1.43. The van der Waals surface area contributed by atoms with Gasteiger partial charge in [-0.1, -0.05) is 6.07 Å². The van der Waals surface area contributed by atoms with Gasteiger partial charge in [0.05, 0.1) is 0 Å². The Morgan fingerprint density at radius 1 is 1.29 bits per heavy atom. The lowest BCUT2D eigenvalue weighted by Gasteiger charge is -2.06. The van der Waals surface area contributed by atoms with Gasteiger partial charge < -0.3 is 15.5 Å². The number of phenols is 2. The Morgan fingerprint density at radius 2 is 2.07 bits per heavy atom. The maximum Gasteiger partial charge on any atom is 0.123 e. The molecule has 1 aromatic carbocycles. The summed E-state index contributed by atoms with van der Waals surface area (Å²) in [5, 5.41) is 21.8. The van der Waals surface area contributed by atoms with Crippen LogP contribution in [0.25, 0.3) is 0 Å². The van der Waals surface area contributed by atoms with Gasteiger partial charge in [-0.3, -0.25) is 0 Å². The molecule has 0 radical (unpaired) electrons. The Morgan fingerprint density at radius 3 is 2.71 bits per heavy atom. The summed E-state index contributed by atoms with van der Waals surface area (Å²) in [6.07, 6.45) is 2.66. The molecule has 0 bridgehead atoms. The van der Waals surface area contributed by atoms with Crippen LogP contribution in [-0.4, -0.2) is 16.8 Å². The maximum absolute atomic E-state index is 9.47. The van der Waals surface area contributed by atoms with E-state index in [2.05, 4.69) is 5.32 Å². The number of phenolic OH excluding ortho intramolecular Hbond substituents is 2. The van der Waals surface area contributed by atoms with Crippen LogP contribution >= 0.6 is 0 Å². The second-order valence-electron chi connectivity index (χ2n) is 3.89. The highest BCUT2D eigenvalue weighted by Crippen LogP contribution is 2.28. The summed E-state index contributed by atoms with van der Waals surface area (Å²) in [5.74, 6) is 1.11. The number of nitrogens with one attached hydrogen (secondary N) is 1. The van der Waals surface area contributed by atoms with E-state index in [1.54, 1.807) is 12.1 Å². The van der Waals surface area contributed by atoms with Gasteiger partial charge in [-0.15, -0.1) is 0 Å². The van der Waals surface area contributed by atoms with Gasteiger partial charge in [-0.2, -0.15) is 0 Å². The fourth-order valence-corrected chi connectivity index (χ4v) is 1.43. The van der Waals surface area contributed by atoms with Crippen molar-refractivity contribution in [2.45, 2.75) is 19.4 Å². The third-order valence-corrected chi connectivity index (χ3v) is 2.51. The number of hydrogen-bond donors (Lipinski definition) is 3. The van der Waals surface area contributed by atoms with Crippen molar-refractivity contribution in [3.63, 3.8) is 0 Å². The third-order valence-electron chi connectivity index (χ3n) is 2.51. The Balaban J connectivity index is 1.87. The normalized spacial score (nSPS) is 15.7. The lowest BCUT2D eigenvalue weighted by molar-refractivity contribution is 0.443. The zero-order valence-corrected chi connectivity index (χ0v) is 8.03. The van der Waals surface area contributed by atoms with E-state index in [0.717, 1.165) is 18.0 Å². The molecule has 0 aromatic heterocycles. The van der Waals surface area contributed by atoms with Crippen molar-refractivity contribution in [2.24, 2.45) is 5.92 Å². The molecule has 3 N–H and O–H groups in total. The average Bonchev–Trinajstić information content (AvgIpc) is 2.92. The van der Waals surface area contributed by atoms with Crippen LogP contribution in [0.15, 0.2) is 18.2 Å². The lowest BCUT2D eigenvalue weighted by Crippen LogP contribution is -2.16. The van der Waals surface area contributed by atoms with E-state index in [9.17, 15) is 5.11 Å². The molecular weight excluding hydrogens is 178 g/mol. The molecule has 1 aromatic rings. The SMILES string of the molecule is Oc1ccc(CNCC2CC2)c(O)c1. The van der Waals surface area contributed by atoms with Crippen molar-refractivity contribution < 1.29 is 10.2 Å². The van der Waals surface area contributed by atoms with Gasteiger partial charge >= 0.3 is 0 Å². The molecule has 0 saturated heterocycles. The summed E-state index contributed by atoms with van der Waals surface area (Å²) in [7, 11) is 0. The van der Waals surface area contributed by atoms with E-state index in [1.807, 2.05) is 0 Å². The van der Waals surface area contributed by atoms with Crippen LogP contribution in [0.1, 0.15) is 18.4 Å². The average molecular weight is 193 g/mol. The standard InChI is InChI=1S/C11H15NO2/c13-10-4-3-9(11(14)5-10)7-12-6-8-1-2-8/h3-5,8,12-14H,1-2,6-7H2. The molecule has 1 saturated carbocycles. The highest BCUT2D eigenvalue weighted by atomic mass is 16.3. The molecule has 76 valence electrons. The van der Waals surface area contributed by atoms with Crippen molar-refractivity contribution in [3.8, 4) is 11.5 Å².